The van der Waals surface area contributed by atoms with Crippen LogP contribution in [0.15, 0.2) is 16.1 Å². The molecule has 262 valence electrons. The van der Waals surface area contributed by atoms with Gasteiger partial charge in [-0.05, 0) is 75.0 Å². The second-order valence-electron chi connectivity index (χ2n) is 14.4. The molecule has 9 heteroatoms. The third-order valence-corrected chi connectivity index (χ3v) is 11.1. The second-order valence-corrected chi connectivity index (χ2v) is 14.4. The molecule has 9 atom stereocenters. The van der Waals surface area contributed by atoms with E-state index < -0.39 is 12.2 Å². The molecule has 0 aromatic rings. The molecule has 47 heavy (non-hydrogen) atoms. The van der Waals surface area contributed by atoms with Crippen LogP contribution >= 0.6 is 0 Å². The normalized spacial score (nSPS) is 34.5. The number of aliphatic hydroxyl groups is 1. The molecule has 4 rings (SSSR count). The summed E-state index contributed by atoms with van der Waals surface area (Å²) in [5, 5.41) is 16.6. The van der Waals surface area contributed by atoms with Gasteiger partial charge >= 0.3 is 5.97 Å². The average Bonchev–Trinajstić information content (AvgIpc) is 3.49. The number of nitrogens with one attached hydrogen (secondary N) is 1. The van der Waals surface area contributed by atoms with Gasteiger partial charge in [0.1, 0.15) is 30.2 Å². The maximum atomic E-state index is 13.6. The van der Waals surface area contributed by atoms with E-state index >= 15 is 0 Å². The van der Waals surface area contributed by atoms with Gasteiger partial charge in [0.05, 0.1) is 30.9 Å². The number of aliphatic hydroxyl groups excluding tert-OH is 1. The van der Waals surface area contributed by atoms with Crippen molar-refractivity contribution in [1.29, 1.82) is 0 Å². The minimum atomic E-state index is -0.484. The Morgan fingerprint density at radius 3 is 2.72 bits per heavy atom. The second kappa shape index (κ2) is 19.7. The zero-order valence-corrected chi connectivity index (χ0v) is 29.4. The number of nitrogens with two attached hydrogens (primary N) is 1. The lowest BCUT2D eigenvalue weighted by atomic mass is 9.75. The Kier molecular flexibility index (Phi) is 15.8. The van der Waals surface area contributed by atoms with Gasteiger partial charge in [-0.2, -0.15) is 0 Å². The molecular formula is C38H61N3O6+2. The predicted octanol–water partition coefficient (Wildman–Crippen LogP) is 4.14. The monoisotopic (exact) mass is 655 g/mol. The van der Waals surface area contributed by atoms with E-state index in [4.69, 9.17) is 14.2 Å². The molecule has 0 aromatic heterocycles. The van der Waals surface area contributed by atoms with E-state index in [-0.39, 0.29) is 36.1 Å². The summed E-state index contributed by atoms with van der Waals surface area (Å²) in [6, 6.07) is 0. The summed E-state index contributed by atoms with van der Waals surface area (Å²) < 4.78 is 16.8. The number of quaternary nitrogens is 1. The van der Waals surface area contributed by atoms with Crippen LogP contribution in [0.25, 0.3) is 0 Å². The first-order chi connectivity index (χ1) is 22.8. The molecule has 0 radical (unpaired) electrons. The summed E-state index contributed by atoms with van der Waals surface area (Å²) in [4.78, 5) is 30.3. The topological polar surface area (TPSA) is 123 Å². The Hall–Kier alpha value is -2.22. The van der Waals surface area contributed by atoms with Gasteiger partial charge in [0.25, 0.3) is 0 Å². The van der Waals surface area contributed by atoms with E-state index in [1.165, 1.54) is 24.5 Å². The summed E-state index contributed by atoms with van der Waals surface area (Å²) in [6.45, 7) is 8.19. The lowest BCUT2D eigenvalue weighted by Gasteiger charge is -2.35. The molecule has 5 unspecified atom stereocenters. The number of fused-ring (bicyclic) bond motifs is 2. The third-order valence-electron chi connectivity index (χ3n) is 11.1. The van der Waals surface area contributed by atoms with Gasteiger partial charge in [0, 0.05) is 65.8 Å². The Labute approximate surface area is 283 Å². The van der Waals surface area contributed by atoms with Gasteiger partial charge in [-0.3, -0.25) is 14.9 Å². The van der Waals surface area contributed by atoms with Crippen LogP contribution in [0.4, 0.5) is 0 Å². The number of hydrogen-bond donors (Lipinski definition) is 3. The summed E-state index contributed by atoms with van der Waals surface area (Å²) in [5.74, 6) is 8.26. The number of aliphatic imine (C=N–C) groups is 1. The largest absolute Gasteiger partial charge is 0.462 e. The van der Waals surface area contributed by atoms with Crippen molar-refractivity contribution in [3.8, 4) is 11.8 Å². The molecule has 0 amide bonds. The van der Waals surface area contributed by atoms with Crippen LogP contribution in [-0.4, -0.2) is 81.5 Å². The van der Waals surface area contributed by atoms with Gasteiger partial charge in [0.15, 0.2) is 6.21 Å². The van der Waals surface area contributed by atoms with E-state index in [1.807, 2.05) is 0 Å². The zero-order chi connectivity index (χ0) is 33.6. The molecule has 4 N–H and O–H groups in total. The lowest BCUT2D eigenvalue weighted by molar-refractivity contribution is -0.705. The fraction of sp³-hybridized carbons (Fsp3) is 0.789. The number of Topliss-reactive ketones (excluding diaryl/α,β-unsaturated/α-hetero) is 1. The Morgan fingerprint density at radius 2 is 1.96 bits per heavy atom. The first-order valence-corrected chi connectivity index (χ1v) is 18.3. The first kappa shape index (κ1) is 37.6. The number of ketones is 1. The maximum absolute atomic E-state index is 13.6. The molecule has 3 aliphatic heterocycles. The number of allylic oxidation sites excluding steroid dienone is 1. The highest BCUT2D eigenvalue weighted by molar-refractivity contribution is 5.84. The van der Waals surface area contributed by atoms with Crippen molar-refractivity contribution < 1.29 is 34.2 Å². The van der Waals surface area contributed by atoms with E-state index in [1.54, 1.807) is 14.2 Å². The lowest BCUT2D eigenvalue weighted by Crippen LogP contribution is -2.95. The molecule has 1 saturated heterocycles. The molecule has 4 aliphatic rings. The molecule has 3 heterocycles. The standard InChI is InChI=1S/C38H60N3O6/c1-5-27-10-12-35(47-26(2)42)23-34(43)20-29(30-11-13-36(44)37(21-30)46-4)8-6-15-40-38-22-31(14-16-41-38)28(9-7-17-45-3)19-33-25-39-24-32(33)18-27/h24-25,27-31,35-38,40-41,44H,5,7,9-23H2,1-4H3/q+1/p+1/t27-,28+,29-,30?,31?,35+,36?,37?,38?/m0/s1. The van der Waals surface area contributed by atoms with Crippen LogP contribution < -0.4 is 10.6 Å². The smallest absolute Gasteiger partial charge is 0.302 e. The van der Waals surface area contributed by atoms with Crippen molar-refractivity contribution in [2.75, 3.05) is 33.9 Å². The summed E-state index contributed by atoms with van der Waals surface area (Å²) in [7, 11) is 3.43. The van der Waals surface area contributed by atoms with Crippen LogP contribution in [0.1, 0.15) is 104 Å². The van der Waals surface area contributed by atoms with E-state index in [2.05, 4.69) is 47.1 Å². The number of carbonyl (C=O) groups excluding carboxylic acids is 2. The van der Waals surface area contributed by atoms with Crippen LogP contribution in [0.3, 0.4) is 0 Å². The number of esters is 1. The number of piperidine rings is 1. The first-order valence-electron chi connectivity index (χ1n) is 18.3. The van der Waals surface area contributed by atoms with Gasteiger partial charge in [-0.25, -0.2) is 0 Å². The van der Waals surface area contributed by atoms with Crippen LogP contribution in [0.5, 0.6) is 0 Å². The van der Waals surface area contributed by atoms with E-state index in [9.17, 15) is 14.7 Å². The van der Waals surface area contributed by atoms with Crippen molar-refractivity contribution >= 4 is 18.0 Å². The van der Waals surface area contributed by atoms with E-state index in [0.29, 0.717) is 56.1 Å². The van der Waals surface area contributed by atoms with Crippen LogP contribution in [0, 0.1) is 48.0 Å². The van der Waals surface area contributed by atoms with E-state index in [0.717, 1.165) is 64.5 Å². The van der Waals surface area contributed by atoms with Gasteiger partial charge in [-0.1, -0.05) is 25.2 Å². The number of hydrogen-bond acceptors (Lipinski definition) is 8. The molecular weight excluding hydrogens is 594 g/mol. The summed E-state index contributed by atoms with van der Waals surface area (Å²) in [6.07, 6.45) is 12.9. The zero-order valence-electron chi connectivity index (χ0n) is 29.4. The maximum Gasteiger partial charge on any atom is 0.302 e. The molecule has 1 aliphatic carbocycles. The van der Waals surface area contributed by atoms with Crippen molar-refractivity contribution in [2.24, 2.45) is 34.6 Å². The highest BCUT2D eigenvalue weighted by atomic mass is 16.5. The predicted molar refractivity (Wildman–Crippen MR) is 183 cm³/mol. The Balaban J connectivity index is 1.58. The van der Waals surface area contributed by atoms with Gasteiger partial charge in [0.2, 0.25) is 0 Å². The number of methoxy groups -OCH3 is 2. The van der Waals surface area contributed by atoms with Gasteiger partial charge < -0.3 is 24.6 Å². The number of nitrogens with zero attached hydrogens (tertiary/aromatic N) is 1. The average molecular weight is 656 g/mol. The summed E-state index contributed by atoms with van der Waals surface area (Å²) >= 11 is 0. The van der Waals surface area contributed by atoms with Crippen molar-refractivity contribution in [3.05, 3.63) is 17.7 Å². The Bertz CT molecular complexity index is 1130. The minimum absolute atomic E-state index is 0.0801. The molecule has 2 bridgehead atoms. The van der Waals surface area contributed by atoms with Crippen molar-refractivity contribution in [1.82, 2.24) is 5.32 Å². The molecule has 9 nitrogen and oxygen atoms in total. The highest BCUT2D eigenvalue weighted by Crippen LogP contribution is 2.37. The molecule has 1 saturated carbocycles. The number of rotatable bonds is 8. The number of carbonyl (C=O) groups is 2. The Morgan fingerprint density at radius 1 is 1.11 bits per heavy atom. The molecule has 0 spiro atoms. The summed E-state index contributed by atoms with van der Waals surface area (Å²) in [5.41, 5.74) is 2.71. The number of ether oxygens (including phenoxy) is 3. The van der Waals surface area contributed by atoms with Crippen LogP contribution in [0.2, 0.25) is 0 Å². The third kappa shape index (κ3) is 12.0. The van der Waals surface area contributed by atoms with Crippen molar-refractivity contribution in [2.45, 2.75) is 128 Å². The molecule has 0 aromatic carbocycles. The quantitative estimate of drug-likeness (QED) is 0.156. The van der Waals surface area contributed by atoms with Crippen LogP contribution in [-0.2, 0) is 23.8 Å². The fourth-order valence-electron chi connectivity index (χ4n) is 8.34. The fourth-order valence-corrected chi connectivity index (χ4v) is 8.34. The van der Waals surface area contributed by atoms with Gasteiger partial charge in [-0.15, -0.1) is 4.99 Å². The van der Waals surface area contributed by atoms with Crippen molar-refractivity contribution in [3.63, 3.8) is 0 Å². The minimum Gasteiger partial charge on any atom is -0.462 e. The SMILES string of the molecule is CC[C@H]1CC[C@@H](OC(C)=O)CC(=O)C[C@@H](C2CCC(O)C(OC)C2)C#CCNC2CC(CC[NH2+]2)[C@H](CCCOC)CC2=C(C=N[CH+]2)C1. The molecule has 2 fully saturated rings. The highest BCUT2D eigenvalue weighted by Gasteiger charge is 2.36.